The third kappa shape index (κ3) is 3.06. The number of imidazole rings is 1. The molecule has 5 nitrogen and oxygen atoms in total. The quantitative estimate of drug-likeness (QED) is 0.859. The van der Waals surface area contributed by atoms with Crippen LogP contribution in [0.4, 0.5) is 5.82 Å². The molecule has 0 bridgehead atoms. The van der Waals surface area contributed by atoms with E-state index in [1.165, 1.54) is 25.7 Å². The van der Waals surface area contributed by atoms with E-state index in [4.69, 9.17) is 4.74 Å². The number of aromatic nitrogens is 3. The Labute approximate surface area is 120 Å². The molecule has 0 radical (unpaired) electrons. The van der Waals surface area contributed by atoms with Crippen molar-refractivity contribution < 1.29 is 4.74 Å². The summed E-state index contributed by atoms with van der Waals surface area (Å²) in [4.78, 5) is 4.21. The normalized spacial score (nSPS) is 16.3. The van der Waals surface area contributed by atoms with Crippen LogP contribution >= 0.6 is 15.9 Å². The molecule has 0 unspecified atom stereocenters. The Bertz CT molecular complexity index is 551. The molecule has 1 aliphatic carbocycles. The van der Waals surface area contributed by atoms with E-state index in [0.29, 0.717) is 6.10 Å². The highest BCUT2D eigenvalue weighted by Crippen LogP contribution is 2.20. The molecule has 0 saturated heterocycles. The van der Waals surface area contributed by atoms with Gasteiger partial charge in [0.05, 0.1) is 18.9 Å². The second-order valence-corrected chi connectivity index (χ2v) is 5.59. The minimum Gasteiger partial charge on any atom is -0.376 e. The molecular formula is C13H17BrN4O. The van der Waals surface area contributed by atoms with Crippen LogP contribution in [-0.4, -0.2) is 33.9 Å². The predicted molar refractivity (Wildman–Crippen MR) is 77.4 cm³/mol. The highest BCUT2D eigenvalue weighted by atomic mass is 79.9. The highest BCUT2D eigenvalue weighted by molar-refractivity contribution is 9.10. The minimum atomic E-state index is 0.472. The van der Waals surface area contributed by atoms with Crippen LogP contribution in [0.5, 0.6) is 0 Å². The zero-order valence-electron chi connectivity index (χ0n) is 10.7. The zero-order valence-corrected chi connectivity index (χ0v) is 12.3. The molecule has 1 aliphatic rings. The summed E-state index contributed by atoms with van der Waals surface area (Å²) < 4.78 is 8.42. The maximum absolute atomic E-state index is 5.80. The SMILES string of the molecule is Brc1cnc2ccc(NCCOC3CCCC3)nn12. The Morgan fingerprint density at radius 3 is 3.05 bits per heavy atom. The van der Waals surface area contributed by atoms with Gasteiger partial charge in [0.25, 0.3) is 0 Å². The number of hydrogen-bond donors (Lipinski definition) is 1. The Kier molecular flexibility index (Phi) is 3.98. The van der Waals surface area contributed by atoms with Crippen molar-refractivity contribution in [3.05, 3.63) is 22.9 Å². The van der Waals surface area contributed by atoms with Gasteiger partial charge in [-0.1, -0.05) is 12.8 Å². The lowest BCUT2D eigenvalue weighted by atomic mass is 10.3. The summed E-state index contributed by atoms with van der Waals surface area (Å²) in [6, 6.07) is 3.88. The number of nitrogens with one attached hydrogen (secondary N) is 1. The number of anilines is 1. The fourth-order valence-corrected chi connectivity index (χ4v) is 2.76. The van der Waals surface area contributed by atoms with Crippen molar-refractivity contribution in [1.82, 2.24) is 14.6 Å². The van der Waals surface area contributed by atoms with Crippen molar-refractivity contribution in [3.63, 3.8) is 0 Å². The van der Waals surface area contributed by atoms with E-state index in [0.717, 1.165) is 29.2 Å². The molecule has 2 aromatic rings. The Morgan fingerprint density at radius 2 is 2.21 bits per heavy atom. The van der Waals surface area contributed by atoms with E-state index >= 15 is 0 Å². The molecule has 102 valence electrons. The summed E-state index contributed by atoms with van der Waals surface area (Å²) in [5.41, 5.74) is 0.833. The maximum Gasteiger partial charge on any atom is 0.154 e. The summed E-state index contributed by atoms with van der Waals surface area (Å²) in [5.74, 6) is 0.834. The molecule has 19 heavy (non-hydrogen) atoms. The van der Waals surface area contributed by atoms with Crippen LogP contribution in [0, 0.1) is 0 Å². The van der Waals surface area contributed by atoms with Crippen molar-refractivity contribution in [3.8, 4) is 0 Å². The number of halogens is 1. The smallest absolute Gasteiger partial charge is 0.154 e. The lowest BCUT2D eigenvalue weighted by Crippen LogP contribution is -2.16. The minimum absolute atomic E-state index is 0.472. The van der Waals surface area contributed by atoms with Crippen molar-refractivity contribution >= 4 is 27.4 Å². The van der Waals surface area contributed by atoms with Gasteiger partial charge in [-0.25, -0.2) is 9.50 Å². The van der Waals surface area contributed by atoms with Crippen molar-refractivity contribution in [2.45, 2.75) is 31.8 Å². The monoisotopic (exact) mass is 324 g/mol. The van der Waals surface area contributed by atoms with E-state index < -0.39 is 0 Å². The number of fused-ring (bicyclic) bond motifs is 1. The predicted octanol–water partition coefficient (Wildman–Crippen LogP) is 2.86. The standard InChI is InChI=1S/C13H17BrN4O/c14-11-9-16-13-6-5-12(17-18(11)13)15-7-8-19-10-3-1-2-4-10/h5-6,9-10H,1-4,7-8H2,(H,15,17). The number of ether oxygens (including phenoxy) is 1. The molecule has 0 amide bonds. The second-order valence-electron chi connectivity index (χ2n) is 4.77. The first-order chi connectivity index (χ1) is 9.33. The van der Waals surface area contributed by atoms with Gasteiger partial charge in [0, 0.05) is 6.54 Å². The lowest BCUT2D eigenvalue weighted by molar-refractivity contribution is 0.0658. The fourth-order valence-electron chi connectivity index (χ4n) is 2.40. The highest BCUT2D eigenvalue weighted by Gasteiger charge is 2.14. The molecule has 0 atom stereocenters. The molecule has 1 saturated carbocycles. The topological polar surface area (TPSA) is 51.5 Å². The van der Waals surface area contributed by atoms with E-state index in [9.17, 15) is 0 Å². The third-order valence-electron chi connectivity index (χ3n) is 3.38. The van der Waals surface area contributed by atoms with Gasteiger partial charge in [-0.3, -0.25) is 0 Å². The van der Waals surface area contributed by atoms with Gasteiger partial charge in [-0.15, -0.1) is 5.10 Å². The Balaban J connectivity index is 1.51. The van der Waals surface area contributed by atoms with E-state index in [2.05, 4.69) is 31.3 Å². The number of rotatable bonds is 5. The van der Waals surface area contributed by atoms with Crippen molar-refractivity contribution in [1.29, 1.82) is 0 Å². The summed E-state index contributed by atoms with van der Waals surface area (Å²) in [5, 5.41) is 7.72. The van der Waals surface area contributed by atoms with Gasteiger partial charge in [0.15, 0.2) is 5.65 Å². The van der Waals surface area contributed by atoms with Crippen LogP contribution in [0.2, 0.25) is 0 Å². The van der Waals surface area contributed by atoms with Gasteiger partial charge in [-0.2, -0.15) is 0 Å². The van der Waals surface area contributed by atoms with Gasteiger partial charge >= 0.3 is 0 Å². The molecule has 0 aliphatic heterocycles. The first-order valence-corrected chi connectivity index (χ1v) is 7.48. The average Bonchev–Trinajstić information content (AvgIpc) is 3.06. The number of nitrogens with zero attached hydrogens (tertiary/aromatic N) is 3. The zero-order chi connectivity index (χ0) is 13.1. The van der Waals surface area contributed by atoms with Gasteiger partial charge in [0.1, 0.15) is 10.4 Å². The molecule has 6 heteroatoms. The first-order valence-electron chi connectivity index (χ1n) is 6.69. The van der Waals surface area contributed by atoms with Crippen LogP contribution in [0.25, 0.3) is 5.65 Å². The maximum atomic E-state index is 5.80. The summed E-state index contributed by atoms with van der Waals surface area (Å²) >= 11 is 3.41. The van der Waals surface area contributed by atoms with Crippen molar-refractivity contribution in [2.24, 2.45) is 0 Å². The second kappa shape index (κ2) is 5.88. The molecule has 0 spiro atoms. The van der Waals surface area contributed by atoms with Crippen molar-refractivity contribution in [2.75, 3.05) is 18.5 Å². The largest absolute Gasteiger partial charge is 0.376 e. The van der Waals surface area contributed by atoms with Gasteiger partial charge in [0.2, 0.25) is 0 Å². The molecule has 0 aromatic carbocycles. The van der Waals surface area contributed by atoms with Gasteiger partial charge in [-0.05, 0) is 40.9 Å². The third-order valence-corrected chi connectivity index (χ3v) is 3.93. The van der Waals surface area contributed by atoms with Crippen LogP contribution in [-0.2, 0) is 4.74 Å². The Hall–Kier alpha value is -1.14. The fraction of sp³-hybridized carbons (Fsp3) is 0.538. The molecule has 2 heterocycles. The van der Waals surface area contributed by atoms with Gasteiger partial charge < -0.3 is 10.1 Å². The molecule has 1 fully saturated rings. The lowest BCUT2D eigenvalue weighted by Gasteiger charge is -2.11. The van der Waals surface area contributed by atoms with E-state index in [1.807, 2.05) is 12.1 Å². The Morgan fingerprint density at radius 1 is 1.37 bits per heavy atom. The molecule has 2 aromatic heterocycles. The molecular weight excluding hydrogens is 308 g/mol. The van der Waals surface area contributed by atoms with Crippen LogP contribution < -0.4 is 5.32 Å². The number of hydrogen-bond acceptors (Lipinski definition) is 4. The summed E-state index contributed by atoms with van der Waals surface area (Å²) in [6.45, 7) is 1.51. The molecule has 1 N–H and O–H groups in total. The molecule has 3 rings (SSSR count). The average molecular weight is 325 g/mol. The van der Waals surface area contributed by atoms with E-state index in [1.54, 1.807) is 10.7 Å². The van der Waals surface area contributed by atoms with Crippen LogP contribution in [0.1, 0.15) is 25.7 Å². The summed E-state index contributed by atoms with van der Waals surface area (Å²) in [7, 11) is 0. The summed E-state index contributed by atoms with van der Waals surface area (Å²) in [6.07, 6.45) is 7.27. The van der Waals surface area contributed by atoms with E-state index in [-0.39, 0.29) is 0 Å². The van der Waals surface area contributed by atoms with Crippen LogP contribution in [0.3, 0.4) is 0 Å². The van der Waals surface area contributed by atoms with Crippen LogP contribution in [0.15, 0.2) is 22.9 Å². The first kappa shape index (κ1) is 12.9.